The van der Waals surface area contributed by atoms with Crippen molar-refractivity contribution in [2.45, 2.75) is 43.7 Å². The molecule has 4 rings (SSSR count). The largest absolute Gasteiger partial charge is 0.331 e. The summed E-state index contributed by atoms with van der Waals surface area (Å²) in [5.74, 6) is -3.96. The zero-order valence-electron chi connectivity index (χ0n) is 17.3. The van der Waals surface area contributed by atoms with E-state index in [1.165, 1.54) is 17.0 Å². The van der Waals surface area contributed by atoms with Gasteiger partial charge in [-0.1, -0.05) is 48.5 Å². The number of halogens is 2. The highest BCUT2D eigenvalue weighted by molar-refractivity contribution is 7.88. The summed E-state index contributed by atoms with van der Waals surface area (Å²) in [5, 5.41) is 0. The van der Waals surface area contributed by atoms with Crippen LogP contribution in [-0.4, -0.2) is 44.1 Å². The number of piperidine rings is 1. The van der Waals surface area contributed by atoms with E-state index in [2.05, 4.69) is 4.72 Å². The molecule has 5 nitrogen and oxygen atoms in total. The van der Waals surface area contributed by atoms with Crippen LogP contribution in [0.2, 0.25) is 0 Å². The lowest BCUT2D eigenvalue weighted by atomic mass is 9.87. The highest BCUT2D eigenvalue weighted by Gasteiger charge is 2.54. The monoisotopic (exact) mass is 448 g/mol. The lowest BCUT2D eigenvalue weighted by molar-refractivity contribution is -0.155. The number of carbonyl (C=O) groups is 1. The number of nitrogens with one attached hydrogen (secondary N) is 1. The summed E-state index contributed by atoms with van der Waals surface area (Å²) in [6, 6.07) is 12.7. The number of nitrogens with zero attached hydrogens (tertiary/aromatic N) is 1. The Hall–Kier alpha value is -2.32. The second-order valence-corrected chi connectivity index (χ2v) is 10.2. The van der Waals surface area contributed by atoms with Gasteiger partial charge in [0.15, 0.2) is 0 Å². The van der Waals surface area contributed by atoms with Crippen molar-refractivity contribution in [3.63, 3.8) is 0 Å². The van der Waals surface area contributed by atoms with E-state index < -0.39 is 28.0 Å². The van der Waals surface area contributed by atoms with Crippen LogP contribution in [-0.2, 0) is 20.7 Å². The average Bonchev–Trinajstić information content (AvgIpc) is 3.58. The van der Waals surface area contributed by atoms with Gasteiger partial charge in [-0.2, -0.15) is 8.78 Å². The SMILES string of the molecule is CS(=O)(=O)N[C@H]1CCCN(C(=O)C2CC2)[C@H]1C(F)(F)c1cccc(-c2ccccc2)c1. The average molecular weight is 449 g/mol. The fourth-order valence-electron chi connectivity index (χ4n) is 4.36. The topological polar surface area (TPSA) is 66.5 Å². The molecular formula is C23H26F2N2O3S. The molecule has 0 unspecified atom stereocenters. The Bertz CT molecular complexity index is 1060. The van der Waals surface area contributed by atoms with Gasteiger partial charge in [-0.25, -0.2) is 13.1 Å². The van der Waals surface area contributed by atoms with E-state index in [4.69, 9.17) is 0 Å². The Morgan fingerprint density at radius 3 is 2.35 bits per heavy atom. The molecule has 1 saturated heterocycles. The summed E-state index contributed by atoms with van der Waals surface area (Å²) in [6.07, 6.45) is 3.07. The molecule has 0 bridgehead atoms. The number of alkyl halides is 2. The molecule has 2 aromatic carbocycles. The third-order valence-corrected chi connectivity index (χ3v) is 6.66. The van der Waals surface area contributed by atoms with Gasteiger partial charge in [-0.3, -0.25) is 4.79 Å². The first-order valence-corrected chi connectivity index (χ1v) is 12.4. The zero-order chi connectivity index (χ0) is 22.2. The van der Waals surface area contributed by atoms with Gasteiger partial charge in [-0.05, 0) is 42.9 Å². The van der Waals surface area contributed by atoms with E-state index in [1.807, 2.05) is 30.3 Å². The summed E-state index contributed by atoms with van der Waals surface area (Å²) >= 11 is 0. The zero-order valence-corrected chi connectivity index (χ0v) is 18.1. The molecule has 166 valence electrons. The first-order chi connectivity index (χ1) is 14.7. The quantitative estimate of drug-likeness (QED) is 0.732. The fourth-order valence-corrected chi connectivity index (χ4v) is 5.16. The molecule has 2 atom stereocenters. The highest BCUT2D eigenvalue weighted by Crippen LogP contribution is 2.43. The first kappa shape index (κ1) is 21.9. The highest BCUT2D eigenvalue weighted by atomic mass is 32.2. The maximum absolute atomic E-state index is 16.0. The molecule has 2 aliphatic rings. The molecule has 1 aliphatic heterocycles. The summed E-state index contributed by atoms with van der Waals surface area (Å²) in [5.41, 5.74) is 1.22. The van der Waals surface area contributed by atoms with Crippen LogP contribution in [0.15, 0.2) is 54.6 Å². The summed E-state index contributed by atoms with van der Waals surface area (Å²) < 4.78 is 58.3. The second kappa shape index (κ2) is 8.31. The maximum atomic E-state index is 16.0. The van der Waals surface area contributed by atoms with E-state index in [9.17, 15) is 13.2 Å². The predicted molar refractivity (Wildman–Crippen MR) is 115 cm³/mol. The van der Waals surface area contributed by atoms with Crippen molar-refractivity contribution >= 4 is 15.9 Å². The number of benzene rings is 2. The second-order valence-electron chi connectivity index (χ2n) is 8.46. The molecular weight excluding hydrogens is 422 g/mol. The Kier molecular flexibility index (Phi) is 5.87. The van der Waals surface area contributed by atoms with E-state index in [1.54, 1.807) is 12.1 Å². The number of likely N-dealkylation sites (tertiary alicyclic amines) is 1. The van der Waals surface area contributed by atoms with Gasteiger partial charge in [-0.15, -0.1) is 0 Å². The molecule has 1 aliphatic carbocycles. The fraction of sp³-hybridized carbons (Fsp3) is 0.435. The molecule has 2 aromatic rings. The molecule has 1 N–H and O–H groups in total. The lowest BCUT2D eigenvalue weighted by Crippen LogP contribution is -2.63. The van der Waals surface area contributed by atoms with Crippen molar-refractivity contribution in [3.8, 4) is 11.1 Å². The van der Waals surface area contributed by atoms with Crippen LogP contribution in [0.25, 0.3) is 11.1 Å². The smallest absolute Gasteiger partial charge is 0.294 e. The Labute approximate surface area is 181 Å². The third kappa shape index (κ3) is 4.80. The normalized spacial score (nSPS) is 22.4. The minimum atomic E-state index is -3.73. The van der Waals surface area contributed by atoms with Crippen LogP contribution in [0.4, 0.5) is 8.78 Å². The molecule has 0 aromatic heterocycles. The van der Waals surface area contributed by atoms with E-state index >= 15 is 8.78 Å². The minimum absolute atomic E-state index is 0.204. The Morgan fingerprint density at radius 1 is 1.03 bits per heavy atom. The minimum Gasteiger partial charge on any atom is -0.331 e. The molecule has 31 heavy (non-hydrogen) atoms. The molecule has 1 amide bonds. The van der Waals surface area contributed by atoms with E-state index in [0.29, 0.717) is 24.8 Å². The molecule has 0 spiro atoms. The third-order valence-electron chi connectivity index (χ3n) is 5.93. The van der Waals surface area contributed by atoms with Crippen LogP contribution >= 0.6 is 0 Å². The number of hydrogen-bond acceptors (Lipinski definition) is 3. The van der Waals surface area contributed by atoms with Crippen molar-refractivity contribution in [2.75, 3.05) is 12.8 Å². The Morgan fingerprint density at radius 2 is 1.71 bits per heavy atom. The van der Waals surface area contributed by atoms with E-state index in [-0.39, 0.29) is 30.4 Å². The lowest BCUT2D eigenvalue weighted by Gasteiger charge is -2.45. The molecule has 2 fully saturated rings. The number of hydrogen-bond donors (Lipinski definition) is 1. The van der Waals surface area contributed by atoms with Gasteiger partial charge in [0.25, 0.3) is 5.92 Å². The molecule has 8 heteroatoms. The van der Waals surface area contributed by atoms with Crippen molar-refractivity contribution in [1.82, 2.24) is 9.62 Å². The number of carbonyl (C=O) groups excluding carboxylic acids is 1. The predicted octanol–water partition coefficient (Wildman–Crippen LogP) is 3.76. The summed E-state index contributed by atoms with van der Waals surface area (Å²) in [7, 11) is -3.73. The summed E-state index contributed by atoms with van der Waals surface area (Å²) in [6.45, 7) is 0.204. The Balaban J connectivity index is 1.74. The standard InChI is InChI=1S/C23H26F2N2O3S/c1-31(29,30)26-20-11-6-14-27(22(28)17-12-13-17)21(20)23(24,25)19-10-5-9-18(15-19)16-7-3-2-4-8-16/h2-5,7-10,15,17,20-21,26H,6,11-14H2,1H3/t20-,21+/m0/s1. The van der Waals surface area contributed by atoms with Crippen LogP contribution in [0.3, 0.4) is 0 Å². The number of amides is 1. The molecule has 0 radical (unpaired) electrons. The van der Waals surface area contributed by atoms with Gasteiger partial charge >= 0.3 is 0 Å². The van der Waals surface area contributed by atoms with Crippen molar-refractivity contribution < 1.29 is 22.0 Å². The maximum Gasteiger partial charge on any atom is 0.294 e. The van der Waals surface area contributed by atoms with Gasteiger partial charge in [0.05, 0.1) is 6.26 Å². The van der Waals surface area contributed by atoms with E-state index in [0.717, 1.165) is 11.8 Å². The van der Waals surface area contributed by atoms with Crippen molar-refractivity contribution in [3.05, 3.63) is 60.2 Å². The number of sulfonamides is 1. The van der Waals surface area contributed by atoms with Gasteiger partial charge in [0.1, 0.15) is 6.04 Å². The van der Waals surface area contributed by atoms with Crippen LogP contribution in [0.1, 0.15) is 31.2 Å². The first-order valence-electron chi connectivity index (χ1n) is 10.5. The van der Waals surface area contributed by atoms with Crippen LogP contribution in [0, 0.1) is 5.92 Å². The number of rotatable bonds is 6. The van der Waals surface area contributed by atoms with Crippen molar-refractivity contribution in [2.24, 2.45) is 5.92 Å². The molecule has 1 heterocycles. The van der Waals surface area contributed by atoms with Gasteiger partial charge < -0.3 is 4.90 Å². The van der Waals surface area contributed by atoms with Crippen LogP contribution < -0.4 is 4.72 Å². The summed E-state index contributed by atoms with van der Waals surface area (Å²) in [4.78, 5) is 14.1. The molecule has 1 saturated carbocycles. The van der Waals surface area contributed by atoms with Gasteiger partial charge in [0, 0.05) is 24.1 Å². The van der Waals surface area contributed by atoms with Crippen LogP contribution in [0.5, 0.6) is 0 Å². The van der Waals surface area contributed by atoms with Crippen molar-refractivity contribution in [1.29, 1.82) is 0 Å². The van der Waals surface area contributed by atoms with Gasteiger partial charge in [0.2, 0.25) is 15.9 Å².